The molecule has 5 nitrogen and oxygen atoms in total. The van der Waals surface area contributed by atoms with Gasteiger partial charge >= 0.3 is 0 Å². The number of methoxy groups -OCH3 is 1. The molecule has 3 atom stereocenters. The molecule has 1 N–H and O–H groups in total. The van der Waals surface area contributed by atoms with Gasteiger partial charge in [-0.1, -0.05) is 0 Å². The molecule has 0 aliphatic heterocycles. The van der Waals surface area contributed by atoms with Gasteiger partial charge in [0, 0.05) is 30.6 Å². The third-order valence-electron chi connectivity index (χ3n) is 4.98. The number of carbonyl (C=O) groups is 1. The monoisotopic (exact) mass is 311 g/mol. The van der Waals surface area contributed by atoms with Crippen molar-refractivity contribution in [1.82, 2.24) is 15.3 Å². The van der Waals surface area contributed by atoms with Crippen LogP contribution in [-0.4, -0.2) is 35.6 Å². The van der Waals surface area contributed by atoms with E-state index >= 15 is 0 Å². The Balaban J connectivity index is 1.65. The third-order valence-corrected chi connectivity index (χ3v) is 4.98. The van der Waals surface area contributed by atoms with Gasteiger partial charge < -0.3 is 10.1 Å². The van der Waals surface area contributed by atoms with Crippen LogP contribution >= 0.6 is 0 Å². The molecule has 0 spiro atoms. The molecule has 1 fully saturated rings. The van der Waals surface area contributed by atoms with Crippen molar-refractivity contribution in [2.75, 3.05) is 13.7 Å². The van der Waals surface area contributed by atoms with E-state index in [9.17, 15) is 4.79 Å². The first kappa shape index (κ1) is 14.6. The van der Waals surface area contributed by atoms with Crippen molar-refractivity contribution in [1.29, 1.82) is 0 Å². The van der Waals surface area contributed by atoms with Crippen LogP contribution in [0.3, 0.4) is 0 Å². The van der Waals surface area contributed by atoms with Crippen molar-refractivity contribution >= 4 is 16.9 Å². The van der Waals surface area contributed by atoms with E-state index < -0.39 is 0 Å². The van der Waals surface area contributed by atoms with E-state index in [1.54, 1.807) is 7.11 Å². The predicted octanol–water partition coefficient (Wildman–Crippen LogP) is 2.76. The second kappa shape index (κ2) is 5.57. The summed E-state index contributed by atoms with van der Waals surface area (Å²) < 4.78 is 5.05. The van der Waals surface area contributed by atoms with Crippen LogP contribution in [0.25, 0.3) is 11.0 Å². The van der Waals surface area contributed by atoms with Gasteiger partial charge in [0.2, 0.25) is 0 Å². The molecule has 1 heterocycles. The number of benzene rings is 1. The van der Waals surface area contributed by atoms with Gasteiger partial charge in [0.1, 0.15) is 0 Å². The molecule has 2 aliphatic carbocycles. The second-order valence-electron chi connectivity index (χ2n) is 6.73. The molecule has 1 amide bonds. The molecule has 23 heavy (non-hydrogen) atoms. The number of aromatic nitrogens is 2. The van der Waals surface area contributed by atoms with Gasteiger partial charge in [0.05, 0.1) is 29.0 Å². The lowest BCUT2D eigenvalue weighted by Crippen LogP contribution is -2.35. The normalized spacial score (nSPS) is 23.0. The number of amides is 1. The van der Waals surface area contributed by atoms with E-state index in [0.29, 0.717) is 24.0 Å². The van der Waals surface area contributed by atoms with Gasteiger partial charge in [-0.25, -0.2) is 9.97 Å². The standard InChI is InChI=1S/C18H21N3O2/c1-10(9-23-2)19-18(22)13-5-6-14-15(8-13)21-17-12-4-3-11(7-12)16(17)20-14/h5-6,8,10-12H,3-4,7,9H2,1-2H3,(H,19,22). The maximum Gasteiger partial charge on any atom is 0.251 e. The number of fused-ring (bicyclic) bond motifs is 6. The predicted molar refractivity (Wildman–Crippen MR) is 87.7 cm³/mol. The molecule has 3 unspecified atom stereocenters. The van der Waals surface area contributed by atoms with E-state index in [1.807, 2.05) is 25.1 Å². The molecule has 0 saturated heterocycles. The summed E-state index contributed by atoms with van der Waals surface area (Å²) in [6, 6.07) is 5.56. The summed E-state index contributed by atoms with van der Waals surface area (Å²) in [6.07, 6.45) is 3.68. The van der Waals surface area contributed by atoms with Gasteiger partial charge in [0.15, 0.2) is 0 Å². The highest BCUT2D eigenvalue weighted by molar-refractivity contribution is 5.97. The number of nitrogens with zero attached hydrogens (tertiary/aromatic N) is 2. The van der Waals surface area contributed by atoms with Crippen molar-refractivity contribution in [3.05, 3.63) is 35.2 Å². The Morgan fingerprint density at radius 1 is 1.26 bits per heavy atom. The average molecular weight is 311 g/mol. The molecule has 0 radical (unpaired) electrons. The summed E-state index contributed by atoms with van der Waals surface area (Å²) in [5, 5.41) is 2.93. The van der Waals surface area contributed by atoms with E-state index in [2.05, 4.69) is 5.32 Å². The lowest BCUT2D eigenvalue weighted by Gasteiger charge is -2.15. The van der Waals surface area contributed by atoms with Crippen LogP contribution in [0.1, 0.15) is 59.8 Å². The molecule has 2 aromatic rings. The molecule has 4 rings (SSSR count). The highest BCUT2D eigenvalue weighted by atomic mass is 16.5. The minimum Gasteiger partial charge on any atom is -0.383 e. The Morgan fingerprint density at radius 2 is 1.96 bits per heavy atom. The quantitative estimate of drug-likeness (QED) is 0.943. The maximum absolute atomic E-state index is 12.3. The average Bonchev–Trinajstić information content (AvgIpc) is 3.14. The molecule has 120 valence electrons. The van der Waals surface area contributed by atoms with Crippen LogP contribution in [0.15, 0.2) is 18.2 Å². The summed E-state index contributed by atoms with van der Waals surface area (Å²) in [5.41, 5.74) is 4.69. The van der Waals surface area contributed by atoms with Crippen LogP contribution in [0, 0.1) is 0 Å². The minimum absolute atomic E-state index is 0.0231. The van der Waals surface area contributed by atoms with E-state index in [4.69, 9.17) is 14.7 Å². The van der Waals surface area contributed by atoms with Crippen molar-refractivity contribution in [2.24, 2.45) is 0 Å². The fourth-order valence-corrected chi connectivity index (χ4v) is 3.90. The number of carbonyl (C=O) groups excluding carboxylic acids is 1. The summed E-state index contributed by atoms with van der Waals surface area (Å²) in [4.78, 5) is 22.0. The largest absolute Gasteiger partial charge is 0.383 e. The van der Waals surface area contributed by atoms with Crippen LogP contribution in [-0.2, 0) is 4.74 Å². The molecule has 2 bridgehead atoms. The molecular formula is C18H21N3O2. The number of hydrogen-bond donors (Lipinski definition) is 1. The first-order valence-corrected chi connectivity index (χ1v) is 8.27. The molecule has 1 aromatic heterocycles. The number of nitrogens with one attached hydrogen (secondary N) is 1. The maximum atomic E-state index is 12.3. The van der Waals surface area contributed by atoms with Crippen LogP contribution in [0.5, 0.6) is 0 Å². The lowest BCUT2D eigenvalue weighted by atomic mass is 10.00. The Morgan fingerprint density at radius 3 is 2.65 bits per heavy atom. The molecular weight excluding hydrogens is 290 g/mol. The summed E-state index contributed by atoms with van der Waals surface area (Å²) in [6.45, 7) is 2.42. The first-order chi connectivity index (χ1) is 11.2. The van der Waals surface area contributed by atoms with Gasteiger partial charge in [-0.2, -0.15) is 0 Å². The van der Waals surface area contributed by atoms with Crippen molar-refractivity contribution in [2.45, 2.75) is 44.1 Å². The van der Waals surface area contributed by atoms with Crippen molar-refractivity contribution in [3.63, 3.8) is 0 Å². The van der Waals surface area contributed by atoms with Gasteiger partial charge in [0.25, 0.3) is 5.91 Å². The van der Waals surface area contributed by atoms with Crippen molar-refractivity contribution < 1.29 is 9.53 Å². The Labute approximate surface area is 135 Å². The molecule has 2 aliphatic rings. The smallest absolute Gasteiger partial charge is 0.251 e. The number of ether oxygens (including phenoxy) is 1. The Kier molecular flexibility index (Phi) is 3.53. The Bertz CT molecular complexity index is 774. The fourth-order valence-electron chi connectivity index (χ4n) is 3.90. The zero-order valence-corrected chi connectivity index (χ0v) is 13.5. The zero-order valence-electron chi connectivity index (χ0n) is 13.5. The van der Waals surface area contributed by atoms with E-state index in [1.165, 1.54) is 30.7 Å². The highest BCUT2D eigenvalue weighted by Crippen LogP contribution is 2.51. The first-order valence-electron chi connectivity index (χ1n) is 8.27. The van der Waals surface area contributed by atoms with Gasteiger partial charge in [-0.15, -0.1) is 0 Å². The number of rotatable bonds is 4. The zero-order chi connectivity index (χ0) is 16.0. The lowest BCUT2D eigenvalue weighted by molar-refractivity contribution is 0.0905. The third kappa shape index (κ3) is 2.49. The SMILES string of the molecule is COCC(C)NC(=O)c1ccc2nc3c(nc2c1)C1CCC3C1. The van der Waals surface area contributed by atoms with Crippen LogP contribution in [0.2, 0.25) is 0 Å². The number of hydrogen-bond acceptors (Lipinski definition) is 4. The van der Waals surface area contributed by atoms with Gasteiger partial charge in [-0.05, 0) is 44.4 Å². The highest BCUT2D eigenvalue weighted by Gasteiger charge is 2.39. The molecule has 5 heteroatoms. The Hall–Kier alpha value is -2.01. The van der Waals surface area contributed by atoms with Crippen LogP contribution in [0.4, 0.5) is 0 Å². The topological polar surface area (TPSA) is 64.1 Å². The molecule has 1 saturated carbocycles. The van der Waals surface area contributed by atoms with Gasteiger partial charge in [-0.3, -0.25) is 4.79 Å². The molecule has 1 aromatic carbocycles. The van der Waals surface area contributed by atoms with Crippen LogP contribution < -0.4 is 5.32 Å². The summed E-state index contributed by atoms with van der Waals surface area (Å²) in [5.74, 6) is 1.08. The minimum atomic E-state index is -0.0970. The van der Waals surface area contributed by atoms with E-state index in [-0.39, 0.29) is 11.9 Å². The van der Waals surface area contributed by atoms with Crippen molar-refractivity contribution in [3.8, 4) is 0 Å². The summed E-state index contributed by atoms with van der Waals surface area (Å²) >= 11 is 0. The second-order valence-corrected chi connectivity index (χ2v) is 6.73. The van der Waals surface area contributed by atoms with E-state index in [0.717, 1.165) is 11.0 Å². The summed E-state index contributed by atoms with van der Waals surface area (Å²) in [7, 11) is 1.63. The fraction of sp³-hybridized carbons (Fsp3) is 0.500.